The van der Waals surface area contributed by atoms with Crippen molar-refractivity contribution in [3.8, 4) is 0 Å². The summed E-state index contributed by atoms with van der Waals surface area (Å²) in [6.07, 6.45) is 0.264. The molecule has 0 bridgehead atoms. The monoisotopic (exact) mass is 379 g/mol. The molecule has 1 heterocycles. The fraction of sp³-hybridized carbons (Fsp3) is 0.235. The van der Waals surface area contributed by atoms with Crippen LogP contribution in [0.5, 0.6) is 0 Å². The molecule has 1 atom stereocenters. The van der Waals surface area contributed by atoms with E-state index >= 15 is 0 Å². The minimum atomic E-state index is -0.531. The molecule has 0 saturated carbocycles. The molecule has 1 aliphatic heterocycles. The van der Waals surface area contributed by atoms with Crippen LogP contribution in [0.1, 0.15) is 23.7 Å². The first kappa shape index (κ1) is 15.5. The Morgan fingerprint density at radius 2 is 2.09 bits per heavy atom. The summed E-state index contributed by atoms with van der Waals surface area (Å²) in [7, 11) is 0. The van der Waals surface area contributed by atoms with Crippen LogP contribution < -0.4 is 4.90 Å². The van der Waals surface area contributed by atoms with E-state index in [9.17, 15) is 9.90 Å². The zero-order valence-corrected chi connectivity index (χ0v) is 14.1. The maximum Gasteiger partial charge on any atom is 0.231 e. The Morgan fingerprint density at radius 3 is 2.86 bits per heavy atom. The maximum absolute atomic E-state index is 12.6. The summed E-state index contributed by atoms with van der Waals surface area (Å²) in [6.45, 7) is 0.513. The molecule has 0 fully saturated rings. The number of halogens is 2. The van der Waals surface area contributed by atoms with Gasteiger partial charge in [-0.25, -0.2) is 0 Å². The lowest BCUT2D eigenvalue weighted by atomic mass is 9.98. The summed E-state index contributed by atoms with van der Waals surface area (Å²) in [5.41, 5.74) is 2.38. The van der Waals surface area contributed by atoms with E-state index in [4.69, 9.17) is 11.6 Å². The van der Waals surface area contributed by atoms with Crippen LogP contribution in [0.15, 0.2) is 46.9 Å². The topological polar surface area (TPSA) is 40.5 Å². The van der Waals surface area contributed by atoms with Gasteiger partial charge in [0.1, 0.15) is 0 Å². The van der Waals surface area contributed by atoms with Crippen LogP contribution in [0, 0.1) is 0 Å². The number of nitrogens with zero attached hydrogens (tertiary/aromatic N) is 1. The standard InChI is InChI=1S/C17H15BrClNO2/c18-12-5-6-15-13(10-12)16(21)7-8-20(15)17(22)9-11-3-1-2-4-14(11)19/h1-6,10,16,21H,7-9H2. The number of carbonyl (C=O) groups is 1. The normalized spacial score (nSPS) is 17.2. The molecule has 114 valence electrons. The van der Waals surface area contributed by atoms with Gasteiger partial charge in [0.2, 0.25) is 5.91 Å². The van der Waals surface area contributed by atoms with E-state index < -0.39 is 6.10 Å². The van der Waals surface area contributed by atoms with E-state index in [2.05, 4.69) is 15.9 Å². The molecule has 1 N–H and O–H groups in total. The first-order chi connectivity index (χ1) is 10.6. The molecule has 0 spiro atoms. The fourth-order valence-corrected chi connectivity index (χ4v) is 3.31. The number of aliphatic hydroxyl groups excluding tert-OH is 1. The summed E-state index contributed by atoms with van der Waals surface area (Å²) >= 11 is 9.54. The third-order valence-electron chi connectivity index (χ3n) is 3.87. The van der Waals surface area contributed by atoms with Crippen molar-refractivity contribution < 1.29 is 9.90 Å². The highest BCUT2D eigenvalue weighted by Gasteiger charge is 2.27. The average Bonchev–Trinajstić information content (AvgIpc) is 2.50. The zero-order valence-electron chi connectivity index (χ0n) is 11.8. The van der Waals surface area contributed by atoms with Gasteiger partial charge in [-0.05, 0) is 36.2 Å². The van der Waals surface area contributed by atoms with Crippen molar-refractivity contribution in [1.29, 1.82) is 0 Å². The highest BCUT2D eigenvalue weighted by molar-refractivity contribution is 9.10. The Balaban J connectivity index is 1.88. The molecule has 2 aromatic rings. The van der Waals surface area contributed by atoms with Gasteiger partial charge in [-0.1, -0.05) is 45.7 Å². The van der Waals surface area contributed by atoms with Crippen molar-refractivity contribution in [2.45, 2.75) is 18.9 Å². The Kier molecular flexibility index (Phi) is 4.52. The van der Waals surface area contributed by atoms with Crippen molar-refractivity contribution in [3.63, 3.8) is 0 Å². The van der Waals surface area contributed by atoms with E-state index in [-0.39, 0.29) is 12.3 Å². The van der Waals surface area contributed by atoms with Crippen LogP contribution in [-0.4, -0.2) is 17.6 Å². The molecular formula is C17H15BrClNO2. The van der Waals surface area contributed by atoms with Crippen molar-refractivity contribution in [3.05, 3.63) is 63.1 Å². The van der Waals surface area contributed by atoms with Crippen LogP contribution in [0.4, 0.5) is 5.69 Å². The molecule has 5 heteroatoms. The van der Waals surface area contributed by atoms with Crippen molar-refractivity contribution in [2.24, 2.45) is 0 Å². The molecule has 0 radical (unpaired) electrons. The summed E-state index contributed by atoms with van der Waals surface area (Å²) in [6, 6.07) is 13.0. The summed E-state index contributed by atoms with van der Waals surface area (Å²) in [5, 5.41) is 10.7. The fourth-order valence-electron chi connectivity index (χ4n) is 2.72. The summed E-state index contributed by atoms with van der Waals surface area (Å²) < 4.78 is 0.894. The smallest absolute Gasteiger partial charge is 0.231 e. The SMILES string of the molecule is O=C(Cc1ccccc1Cl)N1CCC(O)c2cc(Br)ccc21. The van der Waals surface area contributed by atoms with E-state index in [1.165, 1.54) is 0 Å². The van der Waals surface area contributed by atoms with Gasteiger partial charge in [-0.15, -0.1) is 0 Å². The quantitative estimate of drug-likeness (QED) is 0.851. The second kappa shape index (κ2) is 6.41. The molecule has 3 rings (SSSR count). The molecular weight excluding hydrogens is 366 g/mol. The third-order valence-corrected chi connectivity index (χ3v) is 4.73. The van der Waals surface area contributed by atoms with Crippen LogP contribution in [0.3, 0.4) is 0 Å². The van der Waals surface area contributed by atoms with Gasteiger partial charge in [-0.2, -0.15) is 0 Å². The van der Waals surface area contributed by atoms with E-state index in [0.29, 0.717) is 18.0 Å². The molecule has 1 amide bonds. The Hall–Kier alpha value is -1.36. The second-order valence-corrected chi connectivity index (χ2v) is 6.64. The van der Waals surface area contributed by atoms with Crippen molar-refractivity contribution >= 4 is 39.1 Å². The molecule has 2 aromatic carbocycles. The first-order valence-electron chi connectivity index (χ1n) is 7.07. The summed E-state index contributed by atoms with van der Waals surface area (Å²) in [4.78, 5) is 14.4. The van der Waals surface area contributed by atoms with Crippen molar-refractivity contribution in [1.82, 2.24) is 0 Å². The lowest BCUT2D eigenvalue weighted by molar-refractivity contribution is -0.118. The number of benzene rings is 2. The van der Waals surface area contributed by atoms with Crippen LogP contribution in [-0.2, 0) is 11.2 Å². The van der Waals surface area contributed by atoms with Crippen molar-refractivity contribution in [2.75, 3.05) is 11.4 Å². The number of carbonyl (C=O) groups excluding carboxylic acids is 1. The Labute approximate surface area is 142 Å². The molecule has 0 aromatic heterocycles. The summed E-state index contributed by atoms with van der Waals surface area (Å²) in [5.74, 6) is -0.0106. The number of rotatable bonds is 2. The number of hydrogen-bond acceptors (Lipinski definition) is 2. The van der Waals surface area contributed by atoms with E-state index in [1.54, 1.807) is 11.0 Å². The molecule has 0 saturated heterocycles. The van der Waals surface area contributed by atoms with E-state index in [0.717, 1.165) is 21.3 Å². The molecule has 1 aliphatic rings. The predicted molar refractivity (Wildman–Crippen MR) is 91.2 cm³/mol. The average molecular weight is 381 g/mol. The maximum atomic E-state index is 12.6. The van der Waals surface area contributed by atoms with Crippen LogP contribution in [0.25, 0.3) is 0 Å². The largest absolute Gasteiger partial charge is 0.388 e. The Bertz CT molecular complexity index is 720. The molecule has 0 aliphatic carbocycles. The predicted octanol–water partition coefficient (Wildman–Crippen LogP) is 4.12. The van der Waals surface area contributed by atoms with Gasteiger partial charge in [0.15, 0.2) is 0 Å². The minimum Gasteiger partial charge on any atom is -0.388 e. The lowest BCUT2D eigenvalue weighted by Crippen LogP contribution is -2.37. The van der Waals surface area contributed by atoms with Crippen LogP contribution in [0.2, 0.25) is 5.02 Å². The second-order valence-electron chi connectivity index (χ2n) is 5.32. The minimum absolute atomic E-state index is 0.0106. The highest BCUT2D eigenvalue weighted by atomic mass is 79.9. The van der Waals surface area contributed by atoms with Gasteiger partial charge < -0.3 is 10.0 Å². The number of aliphatic hydroxyl groups is 1. The number of fused-ring (bicyclic) bond motifs is 1. The van der Waals surface area contributed by atoms with Gasteiger partial charge in [0.25, 0.3) is 0 Å². The molecule has 1 unspecified atom stereocenters. The number of hydrogen-bond donors (Lipinski definition) is 1. The Morgan fingerprint density at radius 1 is 1.32 bits per heavy atom. The molecule has 3 nitrogen and oxygen atoms in total. The lowest BCUT2D eigenvalue weighted by Gasteiger charge is -2.32. The molecule has 22 heavy (non-hydrogen) atoms. The number of amides is 1. The zero-order chi connectivity index (χ0) is 15.7. The van der Waals surface area contributed by atoms with Gasteiger partial charge in [0.05, 0.1) is 12.5 Å². The van der Waals surface area contributed by atoms with Gasteiger partial charge in [-0.3, -0.25) is 4.79 Å². The van der Waals surface area contributed by atoms with E-state index in [1.807, 2.05) is 36.4 Å². The number of anilines is 1. The van der Waals surface area contributed by atoms with Crippen LogP contribution >= 0.6 is 27.5 Å². The first-order valence-corrected chi connectivity index (χ1v) is 8.24. The van der Waals surface area contributed by atoms with Gasteiger partial charge in [0, 0.05) is 27.3 Å². The third kappa shape index (κ3) is 3.05. The highest BCUT2D eigenvalue weighted by Crippen LogP contribution is 2.36. The van der Waals surface area contributed by atoms with Gasteiger partial charge >= 0.3 is 0 Å².